The van der Waals surface area contributed by atoms with E-state index < -0.39 is 0 Å². The summed E-state index contributed by atoms with van der Waals surface area (Å²) in [5.41, 5.74) is 1.65. The summed E-state index contributed by atoms with van der Waals surface area (Å²) >= 11 is 12.0. The van der Waals surface area contributed by atoms with E-state index in [0.717, 1.165) is 12.0 Å². The Hall–Kier alpha value is -2.22. The van der Waals surface area contributed by atoms with Crippen LogP contribution in [0.3, 0.4) is 0 Å². The molecule has 9 heteroatoms. The molecule has 1 atom stereocenters. The minimum absolute atomic E-state index is 0.00179. The molecule has 0 saturated carbocycles. The van der Waals surface area contributed by atoms with Crippen LogP contribution in [-0.4, -0.2) is 71.4 Å². The molecule has 1 aliphatic rings. The van der Waals surface area contributed by atoms with E-state index >= 15 is 0 Å². The van der Waals surface area contributed by atoms with Crippen LogP contribution in [0.2, 0.25) is 10.0 Å². The monoisotopic (exact) mass is 435 g/mol. The van der Waals surface area contributed by atoms with Crippen LogP contribution >= 0.6 is 23.2 Å². The largest absolute Gasteiger partial charge is 0.351 e. The van der Waals surface area contributed by atoms with Crippen LogP contribution in [-0.2, 0) is 4.79 Å². The molecule has 3 rings (SSSR count). The van der Waals surface area contributed by atoms with Gasteiger partial charge in [-0.2, -0.15) is 0 Å². The fraction of sp³-hybridized carbons (Fsp3) is 0.400. The van der Waals surface area contributed by atoms with Gasteiger partial charge in [0.15, 0.2) is 0 Å². The number of hydrogen-bond acceptors (Lipinski definition) is 5. The lowest BCUT2D eigenvalue weighted by atomic mass is 10.1. The molecule has 0 radical (unpaired) electrons. The highest BCUT2D eigenvalue weighted by Gasteiger charge is 2.28. The maximum Gasteiger partial charge on any atom is 0.272 e. The average Bonchev–Trinajstić information content (AvgIpc) is 3.16. The Bertz CT molecular complexity index is 906. The minimum atomic E-state index is -0.182. The van der Waals surface area contributed by atoms with Crippen molar-refractivity contribution in [1.82, 2.24) is 25.1 Å². The zero-order valence-corrected chi connectivity index (χ0v) is 17.9. The van der Waals surface area contributed by atoms with E-state index in [4.69, 9.17) is 23.2 Å². The Kier molecular flexibility index (Phi) is 7.05. The molecule has 7 nitrogen and oxygen atoms in total. The number of aromatic nitrogens is 2. The summed E-state index contributed by atoms with van der Waals surface area (Å²) in [6.45, 7) is 1.74. The van der Waals surface area contributed by atoms with Gasteiger partial charge in [0.05, 0.1) is 15.7 Å². The summed E-state index contributed by atoms with van der Waals surface area (Å²) in [6, 6.07) is 6.79. The molecule has 154 valence electrons. The Morgan fingerprint density at radius 3 is 2.72 bits per heavy atom. The van der Waals surface area contributed by atoms with Gasteiger partial charge in [-0.3, -0.25) is 9.59 Å². The van der Waals surface area contributed by atoms with Gasteiger partial charge in [-0.25, -0.2) is 9.97 Å². The predicted octanol–water partition coefficient (Wildman–Crippen LogP) is 2.73. The Balaban J connectivity index is 1.64. The van der Waals surface area contributed by atoms with Gasteiger partial charge < -0.3 is 15.1 Å². The van der Waals surface area contributed by atoms with E-state index in [9.17, 15) is 9.59 Å². The fourth-order valence-electron chi connectivity index (χ4n) is 3.14. The normalized spacial score (nSPS) is 16.3. The molecule has 1 aromatic heterocycles. The first-order valence-corrected chi connectivity index (χ1v) is 10.1. The third-order valence-electron chi connectivity index (χ3n) is 4.73. The maximum absolute atomic E-state index is 12.9. The number of carbonyl (C=O) groups is 2. The first kappa shape index (κ1) is 21.5. The third kappa shape index (κ3) is 5.65. The molecule has 2 heterocycles. The number of nitrogens with zero attached hydrogens (tertiary/aromatic N) is 4. The zero-order valence-electron chi connectivity index (χ0n) is 16.4. The molecule has 1 aromatic carbocycles. The summed E-state index contributed by atoms with van der Waals surface area (Å²) < 4.78 is 0. The van der Waals surface area contributed by atoms with E-state index in [2.05, 4.69) is 15.3 Å². The molecule has 2 aromatic rings. The number of carbonyl (C=O) groups excluding carboxylic acids is 2. The second-order valence-corrected chi connectivity index (χ2v) is 8.09. The van der Waals surface area contributed by atoms with Crippen LogP contribution in [0.4, 0.5) is 0 Å². The zero-order chi connectivity index (χ0) is 21.0. The van der Waals surface area contributed by atoms with Crippen molar-refractivity contribution in [2.45, 2.75) is 18.9 Å². The quantitative estimate of drug-likeness (QED) is 0.754. The molecule has 0 spiro atoms. The molecular weight excluding hydrogens is 413 g/mol. The van der Waals surface area contributed by atoms with Crippen LogP contribution in [0.15, 0.2) is 30.6 Å². The predicted molar refractivity (Wildman–Crippen MR) is 113 cm³/mol. The highest BCUT2D eigenvalue weighted by molar-refractivity contribution is 6.42. The number of benzene rings is 1. The molecular formula is C20H23Cl2N5O2. The summed E-state index contributed by atoms with van der Waals surface area (Å²) in [5, 5.41) is 3.87. The molecule has 0 aliphatic carbocycles. The number of halogens is 2. The minimum Gasteiger partial charge on any atom is -0.351 e. The second kappa shape index (κ2) is 9.52. The first-order chi connectivity index (χ1) is 13.8. The molecule has 1 saturated heterocycles. The maximum atomic E-state index is 12.9. The van der Waals surface area contributed by atoms with Crippen molar-refractivity contribution in [1.29, 1.82) is 0 Å². The number of nitrogens with one attached hydrogen (secondary N) is 1. The Morgan fingerprint density at radius 2 is 2.00 bits per heavy atom. The van der Waals surface area contributed by atoms with E-state index in [0.29, 0.717) is 47.5 Å². The van der Waals surface area contributed by atoms with Crippen molar-refractivity contribution in [3.63, 3.8) is 0 Å². The van der Waals surface area contributed by atoms with Crippen LogP contribution in [0.25, 0.3) is 11.3 Å². The van der Waals surface area contributed by atoms with Crippen molar-refractivity contribution in [3.8, 4) is 11.3 Å². The van der Waals surface area contributed by atoms with Crippen molar-refractivity contribution in [2.75, 3.05) is 33.7 Å². The van der Waals surface area contributed by atoms with Crippen LogP contribution in [0, 0.1) is 0 Å². The van der Waals surface area contributed by atoms with Gasteiger partial charge in [0.1, 0.15) is 12.0 Å². The Labute approximate surface area is 180 Å². The van der Waals surface area contributed by atoms with Crippen molar-refractivity contribution >= 4 is 35.0 Å². The summed E-state index contributed by atoms with van der Waals surface area (Å²) in [6.07, 6.45) is 2.53. The van der Waals surface area contributed by atoms with Gasteiger partial charge >= 0.3 is 0 Å². The number of likely N-dealkylation sites (tertiary alicyclic amines) is 1. The van der Waals surface area contributed by atoms with Crippen LogP contribution < -0.4 is 5.32 Å². The first-order valence-electron chi connectivity index (χ1n) is 9.34. The lowest BCUT2D eigenvalue weighted by molar-refractivity contribution is -0.121. The van der Waals surface area contributed by atoms with Crippen LogP contribution in [0.1, 0.15) is 23.3 Å². The topological polar surface area (TPSA) is 78.4 Å². The lowest BCUT2D eigenvalue weighted by Crippen LogP contribution is -2.39. The van der Waals surface area contributed by atoms with E-state index in [1.807, 2.05) is 19.0 Å². The van der Waals surface area contributed by atoms with Crippen molar-refractivity contribution in [3.05, 3.63) is 46.3 Å². The number of hydrogen-bond donors (Lipinski definition) is 1. The molecule has 1 fully saturated rings. The van der Waals surface area contributed by atoms with E-state index in [-0.39, 0.29) is 17.9 Å². The molecule has 29 heavy (non-hydrogen) atoms. The smallest absolute Gasteiger partial charge is 0.272 e. The van der Waals surface area contributed by atoms with Gasteiger partial charge in [0, 0.05) is 37.7 Å². The van der Waals surface area contributed by atoms with E-state index in [1.165, 1.54) is 6.33 Å². The van der Waals surface area contributed by atoms with Gasteiger partial charge in [0.2, 0.25) is 5.91 Å². The highest BCUT2D eigenvalue weighted by Crippen LogP contribution is 2.27. The fourth-order valence-corrected chi connectivity index (χ4v) is 3.44. The summed E-state index contributed by atoms with van der Waals surface area (Å²) in [4.78, 5) is 36.9. The molecule has 2 amide bonds. The van der Waals surface area contributed by atoms with Crippen molar-refractivity contribution < 1.29 is 9.59 Å². The van der Waals surface area contributed by atoms with Crippen molar-refractivity contribution in [2.24, 2.45) is 0 Å². The summed E-state index contributed by atoms with van der Waals surface area (Å²) in [7, 11) is 3.86. The average molecular weight is 436 g/mol. The second-order valence-electron chi connectivity index (χ2n) is 7.27. The van der Waals surface area contributed by atoms with E-state index in [1.54, 1.807) is 29.2 Å². The highest BCUT2D eigenvalue weighted by atomic mass is 35.5. The third-order valence-corrected chi connectivity index (χ3v) is 5.47. The summed E-state index contributed by atoms with van der Waals surface area (Å²) in [5.74, 6) is -0.180. The SMILES string of the molecule is CN(C)CCC(=O)NC1CCN(C(=O)c2cc(-c3ccc(Cl)c(Cl)c3)ncn2)C1. The molecule has 1 aliphatic heterocycles. The van der Waals surface area contributed by atoms with Gasteiger partial charge in [-0.15, -0.1) is 0 Å². The van der Waals surface area contributed by atoms with Gasteiger partial charge in [-0.05, 0) is 38.7 Å². The number of amides is 2. The standard InChI is InChI=1S/C20H23Cl2N5O2/c1-26(2)7-6-19(28)25-14-5-8-27(11-14)20(29)18-10-17(23-12-24-18)13-3-4-15(21)16(22)9-13/h3-4,9-10,12,14H,5-8,11H2,1-2H3,(H,25,28). The lowest BCUT2D eigenvalue weighted by Gasteiger charge is -2.17. The molecule has 0 bridgehead atoms. The van der Waals surface area contributed by atoms with Gasteiger partial charge in [-0.1, -0.05) is 29.3 Å². The van der Waals surface area contributed by atoms with Crippen LogP contribution in [0.5, 0.6) is 0 Å². The molecule has 1 N–H and O–H groups in total. The Morgan fingerprint density at radius 1 is 1.21 bits per heavy atom. The molecule has 1 unspecified atom stereocenters. The number of rotatable bonds is 6. The van der Waals surface area contributed by atoms with Gasteiger partial charge in [0.25, 0.3) is 5.91 Å².